The van der Waals surface area contributed by atoms with Gasteiger partial charge in [0.15, 0.2) is 8.85 Å². The van der Waals surface area contributed by atoms with Gasteiger partial charge in [-0.05, 0) is 31.3 Å². The van der Waals surface area contributed by atoms with E-state index in [1.54, 1.807) is 4.68 Å². The first-order chi connectivity index (χ1) is 11.8. The first kappa shape index (κ1) is 18.5. The SMILES string of the molecule is Cc1nn(CN2CCN(S(=O)(=O)c3c(F)cccc3F)CC2)c(=S)s1. The number of rotatable bonds is 4. The molecule has 11 heteroatoms. The Morgan fingerprint density at radius 1 is 1.20 bits per heavy atom. The number of nitrogens with zero attached hydrogens (tertiary/aromatic N) is 4. The van der Waals surface area contributed by atoms with Crippen LogP contribution in [-0.2, 0) is 16.7 Å². The van der Waals surface area contributed by atoms with Crippen molar-refractivity contribution in [3.8, 4) is 0 Å². The summed E-state index contributed by atoms with van der Waals surface area (Å²) in [5.41, 5.74) is 0. The minimum absolute atomic E-state index is 0.145. The molecule has 0 spiro atoms. The van der Waals surface area contributed by atoms with Crippen molar-refractivity contribution in [3.05, 3.63) is 38.8 Å². The topological polar surface area (TPSA) is 58.4 Å². The van der Waals surface area contributed by atoms with E-state index in [2.05, 4.69) is 5.10 Å². The minimum atomic E-state index is -4.21. The van der Waals surface area contributed by atoms with Crippen LogP contribution >= 0.6 is 23.6 Å². The Morgan fingerprint density at radius 3 is 2.32 bits per heavy atom. The second-order valence-corrected chi connectivity index (χ2v) is 9.30. The summed E-state index contributed by atoms with van der Waals surface area (Å²) in [4.78, 5) is 1.11. The molecule has 136 valence electrons. The van der Waals surface area contributed by atoms with E-state index >= 15 is 0 Å². The Bertz CT molecular complexity index is 914. The third-order valence-corrected chi connectivity index (χ3v) is 7.06. The summed E-state index contributed by atoms with van der Waals surface area (Å²) in [6.07, 6.45) is 0. The molecule has 0 N–H and O–H groups in total. The highest BCUT2D eigenvalue weighted by Gasteiger charge is 2.33. The molecule has 1 fully saturated rings. The molecule has 1 aromatic heterocycles. The molecule has 1 aliphatic heterocycles. The summed E-state index contributed by atoms with van der Waals surface area (Å²) < 4.78 is 56.2. The van der Waals surface area contributed by atoms with E-state index < -0.39 is 26.6 Å². The Morgan fingerprint density at radius 2 is 1.80 bits per heavy atom. The molecule has 0 amide bonds. The molecule has 2 heterocycles. The lowest BCUT2D eigenvalue weighted by Crippen LogP contribution is -2.49. The van der Waals surface area contributed by atoms with Gasteiger partial charge in [-0.3, -0.25) is 4.90 Å². The number of sulfonamides is 1. The highest BCUT2D eigenvalue weighted by atomic mass is 32.2. The van der Waals surface area contributed by atoms with Crippen LogP contribution in [0.2, 0.25) is 0 Å². The predicted octanol–water partition coefficient (Wildman–Crippen LogP) is 2.22. The Balaban J connectivity index is 1.71. The predicted molar refractivity (Wildman–Crippen MR) is 92.4 cm³/mol. The Kier molecular flexibility index (Phi) is 5.30. The Labute approximate surface area is 153 Å². The maximum Gasteiger partial charge on any atom is 0.249 e. The summed E-state index contributed by atoms with van der Waals surface area (Å²) in [7, 11) is -4.21. The Hall–Kier alpha value is -1.27. The van der Waals surface area contributed by atoms with Crippen LogP contribution < -0.4 is 0 Å². The molecule has 1 aliphatic rings. The fourth-order valence-electron chi connectivity index (χ4n) is 2.66. The average Bonchev–Trinajstić information content (AvgIpc) is 2.85. The minimum Gasteiger partial charge on any atom is -0.282 e. The zero-order valence-electron chi connectivity index (χ0n) is 13.4. The third kappa shape index (κ3) is 3.80. The second kappa shape index (κ2) is 7.16. The number of halogens is 2. The van der Waals surface area contributed by atoms with Crippen molar-refractivity contribution < 1.29 is 17.2 Å². The van der Waals surface area contributed by atoms with Crippen LogP contribution in [0.4, 0.5) is 8.78 Å². The summed E-state index contributed by atoms with van der Waals surface area (Å²) in [5.74, 6) is -2.15. The fraction of sp³-hybridized carbons (Fsp3) is 0.429. The van der Waals surface area contributed by atoms with Gasteiger partial charge in [0.2, 0.25) is 10.0 Å². The first-order valence-electron chi connectivity index (χ1n) is 7.50. The lowest BCUT2D eigenvalue weighted by atomic mass is 10.3. The van der Waals surface area contributed by atoms with Gasteiger partial charge >= 0.3 is 0 Å². The molecule has 0 bridgehead atoms. The van der Waals surface area contributed by atoms with Crippen molar-refractivity contribution in [3.63, 3.8) is 0 Å². The quantitative estimate of drug-likeness (QED) is 0.729. The van der Waals surface area contributed by atoms with E-state index in [4.69, 9.17) is 12.2 Å². The maximum atomic E-state index is 13.8. The van der Waals surface area contributed by atoms with Crippen molar-refractivity contribution in [2.75, 3.05) is 26.2 Å². The summed E-state index contributed by atoms with van der Waals surface area (Å²) >= 11 is 6.63. The molecular formula is C14H16F2N4O2S3. The maximum absolute atomic E-state index is 13.8. The zero-order chi connectivity index (χ0) is 18.2. The molecule has 2 aromatic rings. The lowest BCUT2D eigenvalue weighted by molar-refractivity contribution is 0.144. The number of piperazine rings is 1. The molecule has 3 rings (SSSR count). The van der Waals surface area contributed by atoms with Crippen molar-refractivity contribution in [1.29, 1.82) is 0 Å². The van der Waals surface area contributed by atoms with Gasteiger partial charge in [-0.15, -0.1) is 0 Å². The monoisotopic (exact) mass is 406 g/mol. The van der Waals surface area contributed by atoms with Gasteiger partial charge in [0.05, 0.1) is 6.67 Å². The van der Waals surface area contributed by atoms with Crippen LogP contribution in [-0.4, -0.2) is 53.6 Å². The highest BCUT2D eigenvalue weighted by molar-refractivity contribution is 7.89. The number of aryl methyl sites for hydroxylation is 1. The van der Waals surface area contributed by atoms with Crippen molar-refractivity contribution in [1.82, 2.24) is 19.0 Å². The molecule has 0 saturated carbocycles. The van der Waals surface area contributed by atoms with Crippen LogP contribution in [0.5, 0.6) is 0 Å². The van der Waals surface area contributed by atoms with Crippen molar-refractivity contribution >= 4 is 33.6 Å². The second-order valence-electron chi connectivity index (χ2n) is 5.60. The van der Waals surface area contributed by atoms with Crippen LogP contribution in [0.1, 0.15) is 5.01 Å². The fourth-order valence-corrected chi connectivity index (χ4v) is 5.25. The van der Waals surface area contributed by atoms with Gasteiger partial charge in [-0.2, -0.15) is 9.40 Å². The van der Waals surface area contributed by atoms with Gasteiger partial charge in [0.25, 0.3) is 0 Å². The van der Waals surface area contributed by atoms with Crippen LogP contribution in [0.3, 0.4) is 0 Å². The highest BCUT2D eigenvalue weighted by Crippen LogP contribution is 2.23. The summed E-state index contributed by atoms with van der Waals surface area (Å²) in [6.45, 7) is 3.47. The van der Waals surface area contributed by atoms with E-state index in [-0.39, 0.29) is 13.1 Å². The standard InChI is InChI=1S/C14H16F2N4O2S3/c1-10-17-20(14(23)24-10)9-18-5-7-19(8-6-18)25(21,22)13-11(15)3-2-4-12(13)16/h2-4H,5-9H2,1H3. The largest absolute Gasteiger partial charge is 0.282 e. The van der Waals surface area contributed by atoms with Gasteiger partial charge in [0.1, 0.15) is 16.6 Å². The molecule has 25 heavy (non-hydrogen) atoms. The van der Waals surface area contributed by atoms with Crippen LogP contribution in [0.25, 0.3) is 0 Å². The van der Waals surface area contributed by atoms with Gasteiger partial charge in [-0.1, -0.05) is 17.4 Å². The number of benzene rings is 1. The normalized spacial score (nSPS) is 17.1. The number of aromatic nitrogens is 2. The van der Waals surface area contributed by atoms with E-state index in [9.17, 15) is 17.2 Å². The number of hydrogen-bond acceptors (Lipinski definition) is 6. The van der Waals surface area contributed by atoms with E-state index in [1.807, 2.05) is 11.8 Å². The molecule has 1 aromatic carbocycles. The molecule has 0 radical (unpaired) electrons. The summed E-state index contributed by atoms with van der Waals surface area (Å²) in [6, 6.07) is 3.03. The molecule has 1 saturated heterocycles. The molecule has 0 atom stereocenters. The molecular weight excluding hydrogens is 390 g/mol. The van der Waals surface area contributed by atoms with E-state index in [1.165, 1.54) is 11.3 Å². The lowest BCUT2D eigenvalue weighted by Gasteiger charge is -2.33. The molecule has 0 aliphatic carbocycles. The molecule has 0 unspecified atom stereocenters. The summed E-state index contributed by atoms with van der Waals surface area (Å²) in [5, 5.41) is 5.16. The van der Waals surface area contributed by atoms with Crippen LogP contribution in [0, 0.1) is 22.5 Å². The molecule has 6 nitrogen and oxygen atoms in total. The third-order valence-electron chi connectivity index (χ3n) is 3.89. The van der Waals surface area contributed by atoms with Crippen molar-refractivity contribution in [2.24, 2.45) is 0 Å². The first-order valence-corrected chi connectivity index (χ1v) is 10.2. The average molecular weight is 407 g/mol. The van der Waals surface area contributed by atoms with E-state index in [0.29, 0.717) is 23.7 Å². The zero-order valence-corrected chi connectivity index (χ0v) is 15.8. The van der Waals surface area contributed by atoms with E-state index in [0.717, 1.165) is 27.5 Å². The van der Waals surface area contributed by atoms with Gasteiger partial charge < -0.3 is 0 Å². The smallest absolute Gasteiger partial charge is 0.249 e. The number of hydrogen-bond donors (Lipinski definition) is 0. The van der Waals surface area contributed by atoms with Gasteiger partial charge in [0, 0.05) is 26.2 Å². The van der Waals surface area contributed by atoms with Crippen LogP contribution in [0.15, 0.2) is 23.1 Å². The van der Waals surface area contributed by atoms with Gasteiger partial charge in [-0.25, -0.2) is 21.9 Å². The van der Waals surface area contributed by atoms with Crippen molar-refractivity contribution in [2.45, 2.75) is 18.5 Å².